The van der Waals surface area contributed by atoms with Crippen LogP contribution in [0.3, 0.4) is 0 Å². The number of nitrogens with zero attached hydrogens (tertiary/aromatic N) is 1. The van der Waals surface area contributed by atoms with Crippen molar-refractivity contribution in [2.75, 3.05) is 6.61 Å². The SMILES string of the molecule is OC(Cc1ccncc1)C1OCCc2ccccc21. The molecular weight excluding hydrogens is 238 g/mol. The second-order valence-electron chi connectivity index (χ2n) is 4.87. The summed E-state index contributed by atoms with van der Waals surface area (Å²) in [5, 5.41) is 10.4. The minimum Gasteiger partial charge on any atom is -0.390 e. The van der Waals surface area contributed by atoms with Gasteiger partial charge < -0.3 is 9.84 Å². The van der Waals surface area contributed by atoms with Gasteiger partial charge in [0.1, 0.15) is 6.10 Å². The summed E-state index contributed by atoms with van der Waals surface area (Å²) in [6, 6.07) is 12.1. The van der Waals surface area contributed by atoms with Gasteiger partial charge in [-0.1, -0.05) is 24.3 Å². The van der Waals surface area contributed by atoms with Gasteiger partial charge >= 0.3 is 0 Å². The third-order valence-electron chi connectivity index (χ3n) is 3.57. The first-order chi connectivity index (χ1) is 9.34. The van der Waals surface area contributed by atoms with Crippen LogP contribution in [0.15, 0.2) is 48.8 Å². The molecule has 0 saturated heterocycles. The third-order valence-corrected chi connectivity index (χ3v) is 3.57. The maximum absolute atomic E-state index is 10.4. The highest BCUT2D eigenvalue weighted by atomic mass is 16.5. The summed E-state index contributed by atoms with van der Waals surface area (Å²) in [7, 11) is 0. The van der Waals surface area contributed by atoms with E-state index in [1.165, 1.54) is 5.56 Å². The summed E-state index contributed by atoms with van der Waals surface area (Å²) in [6.07, 6.45) is 4.26. The third kappa shape index (κ3) is 2.67. The van der Waals surface area contributed by atoms with Crippen LogP contribution in [0.4, 0.5) is 0 Å². The first-order valence-electron chi connectivity index (χ1n) is 6.61. The summed E-state index contributed by atoms with van der Waals surface area (Å²) in [6.45, 7) is 0.676. The topological polar surface area (TPSA) is 42.4 Å². The quantitative estimate of drug-likeness (QED) is 0.915. The van der Waals surface area contributed by atoms with Crippen LogP contribution >= 0.6 is 0 Å². The Morgan fingerprint density at radius 1 is 1.21 bits per heavy atom. The molecule has 0 aliphatic carbocycles. The Hall–Kier alpha value is -1.71. The highest BCUT2D eigenvalue weighted by molar-refractivity contribution is 5.32. The van der Waals surface area contributed by atoms with Gasteiger partial charge in [-0.25, -0.2) is 0 Å². The molecule has 98 valence electrons. The molecule has 2 heterocycles. The maximum Gasteiger partial charge on any atom is 0.109 e. The lowest BCUT2D eigenvalue weighted by Gasteiger charge is -2.29. The Labute approximate surface area is 112 Å². The molecule has 1 aliphatic rings. The predicted molar refractivity (Wildman–Crippen MR) is 72.8 cm³/mol. The maximum atomic E-state index is 10.4. The standard InChI is InChI=1S/C16H17NO2/c18-15(11-12-5-8-17-9-6-12)16-14-4-2-1-3-13(14)7-10-19-16/h1-6,8-9,15-16,18H,7,10-11H2. The molecule has 0 radical (unpaired) electrons. The number of aliphatic hydroxyl groups is 1. The Morgan fingerprint density at radius 2 is 2.00 bits per heavy atom. The number of ether oxygens (including phenoxy) is 1. The van der Waals surface area contributed by atoms with E-state index in [1.54, 1.807) is 12.4 Å². The average Bonchev–Trinajstić information content (AvgIpc) is 2.47. The van der Waals surface area contributed by atoms with Gasteiger partial charge in [-0.15, -0.1) is 0 Å². The number of hydrogen-bond donors (Lipinski definition) is 1. The Balaban J connectivity index is 1.80. The van der Waals surface area contributed by atoms with Crippen molar-refractivity contribution in [1.82, 2.24) is 4.98 Å². The van der Waals surface area contributed by atoms with E-state index in [-0.39, 0.29) is 6.10 Å². The van der Waals surface area contributed by atoms with Gasteiger partial charge in [0, 0.05) is 18.8 Å². The zero-order valence-corrected chi connectivity index (χ0v) is 10.7. The van der Waals surface area contributed by atoms with Crippen molar-refractivity contribution in [3.05, 3.63) is 65.5 Å². The minimum atomic E-state index is -0.524. The molecular formula is C16H17NO2. The zero-order chi connectivity index (χ0) is 13.1. The monoisotopic (exact) mass is 255 g/mol. The van der Waals surface area contributed by atoms with Crippen LogP contribution < -0.4 is 0 Å². The Bertz CT molecular complexity index is 541. The second kappa shape index (κ2) is 5.51. The number of fused-ring (bicyclic) bond motifs is 1. The molecule has 0 spiro atoms. The number of rotatable bonds is 3. The van der Waals surface area contributed by atoms with Crippen molar-refractivity contribution in [2.45, 2.75) is 25.0 Å². The molecule has 19 heavy (non-hydrogen) atoms. The van der Waals surface area contributed by atoms with Gasteiger partial charge in [0.05, 0.1) is 12.7 Å². The molecule has 3 rings (SSSR count). The van der Waals surface area contributed by atoms with E-state index in [1.807, 2.05) is 24.3 Å². The van der Waals surface area contributed by atoms with Crippen LogP contribution in [0.2, 0.25) is 0 Å². The first kappa shape index (κ1) is 12.3. The Morgan fingerprint density at radius 3 is 2.84 bits per heavy atom. The van der Waals surface area contributed by atoms with Gasteiger partial charge in [0.15, 0.2) is 0 Å². The van der Waals surface area contributed by atoms with E-state index in [2.05, 4.69) is 17.1 Å². The molecule has 0 bridgehead atoms. The normalized spacial score (nSPS) is 19.7. The number of aromatic nitrogens is 1. The second-order valence-corrected chi connectivity index (χ2v) is 4.87. The molecule has 0 amide bonds. The van der Waals surface area contributed by atoms with Crippen LogP contribution in [0, 0.1) is 0 Å². The highest BCUT2D eigenvalue weighted by Crippen LogP contribution is 2.30. The van der Waals surface area contributed by atoms with E-state index in [0.29, 0.717) is 13.0 Å². The van der Waals surface area contributed by atoms with Crippen molar-refractivity contribution >= 4 is 0 Å². The summed E-state index contributed by atoms with van der Waals surface area (Å²) >= 11 is 0. The lowest BCUT2D eigenvalue weighted by molar-refractivity contribution is -0.0460. The molecule has 2 atom stereocenters. The van der Waals surface area contributed by atoms with Crippen molar-refractivity contribution in [3.8, 4) is 0 Å². The summed E-state index contributed by atoms with van der Waals surface area (Å²) < 4.78 is 5.77. The molecule has 0 saturated carbocycles. The number of aliphatic hydroxyl groups excluding tert-OH is 1. The van der Waals surface area contributed by atoms with E-state index in [9.17, 15) is 5.11 Å². The molecule has 1 aliphatic heterocycles. The molecule has 1 aromatic heterocycles. The van der Waals surface area contributed by atoms with Crippen LogP contribution in [-0.2, 0) is 17.6 Å². The van der Waals surface area contributed by atoms with E-state index < -0.39 is 6.10 Å². The van der Waals surface area contributed by atoms with Crippen molar-refractivity contribution in [2.24, 2.45) is 0 Å². The van der Waals surface area contributed by atoms with Crippen LogP contribution in [0.1, 0.15) is 22.8 Å². The largest absolute Gasteiger partial charge is 0.390 e. The van der Waals surface area contributed by atoms with Crippen LogP contribution in [-0.4, -0.2) is 22.8 Å². The molecule has 3 nitrogen and oxygen atoms in total. The molecule has 3 heteroatoms. The van der Waals surface area contributed by atoms with Crippen molar-refractivity contribution in [3.63, 3.8) is 0 Å². The fraction of sp³-hybridized carbons (Fsp3) is 0.312. The minimum absolute atomic E-state index is 0.224. The molecule has 1 N–H and O–H groups in total. The predicted octanol–water partition coefficient (Wildman–Crippen LogP) is 2.30. The van der Waals surface area contributed by atoms with Gasteiger partial charge in [0.25, 0.3) is 0 Å². The van der Waals surface area contributed by atoms with Gasteiger partial charge in [-0.05, 0) is 35.2 Å². The smallest absolute Gasteiger partial charge is 0.109 e. The van der Waals surface area contributed by atoms with Crippen LogP contribution in [0.25, 0.3) is 0 Å². The Kier molecular flexibility index (Phi) is 3.58. The molecule has 1 aromatic carbocycles. The van der Waals surface area contributed by atoms with Gasteiger partial charge in [-0.2, -0.15) is 0 Å². The molecule has 2 unspecified atom stereocenters. The summed E-state index contributed by atoms with van der Waals surface area (Å²) in [4.78, 5) is 3.99. The molecule has 2 aromatic rings. The first-order valence-corrected chi connectivity index (χ1v) is 6.61. The summed E-state index contributed by atoms with van der Waals surface area (Å²) in [5.41, 5.74) is 3.48. The fourth-order valence-corrected chi connectivity index (χ4v) is 2.61. The van der Waals surface area contributed by atoms with E-state index in [4.69, 9.17) is 4.74 Å². The fourth-order valence-electron chi connectivity index (χ4n) is 2.61. The zero-order valence-electron chi connectivity index (χ0n) is 10.7. The van der Waals surface area contributed by atoms with Crippen molar-refractivity contribution in [1.29, 1.82) is 0 Å². The average molecular weight is 255 g/mol. The van der Waals surface area contributed by atoms with Gasteiger partial charge in [0.2, 0.25) is 0 Å². The van der Waals surface area contributed by atoms with E-state index in [0.717, 1.165) is 17.5 Å². The summed E-state index contributed by atoms with van der Waals surface area (Å²) in [5.74, 6) is 0. The lowest BCUT2D eigenvalue weighted by Crippen LogP contribution is -2.28. The van der Waals surface area contributed by atoms with Gasteiger partial charge in [-0.3, -0.25) is 4.98 Å². The number of hydrogen-bond acceptors (Lipinski definition) is 3. The highest BCUT2D eigenvalue weighted by Gasteiger charge is 2.27. The number of benzene rings is 1. The number of pyridine rings is 1. The van der Waals surface area contributed by atoms with Crippen LogP contribution in [0.5, 0.6) is 0 Å². The lowest BCUT2D eigenvalue weighted by atomic mass is 9.92. The van der Waals surface area contributed by atoms with Crippen molar-refractivity contribution < 1.29 is 9.84 Å². The molecule has 0 fully saturated rings. The van der Waals surface area contributed by atoms with E-state index >= 15 is 0 Å².